The van der Waals surface area contributed by atoms with Crippen LogP contribution in [0.4, 0.5) is 13.2 Å². The molecule has 0 spiro atoms. The van der Waals surface area contributed by atoms with Crippen LogP contribution in [0.1, 0.15) is 54.2 Å². The minimum Gasteiger partial charge on any atom is -0.305 e. The van der Waals surface area contributed by atoms with E-state index in [9.17, 15) is 27.6 Å². The Labute approximate surface area is 278 Å². The molecule has 0 radical (unpaired) electrons. The average Bonchev–Trinajstić information content (AvgIpc) is 3.49. The predicted octanol–water partition coefficient (Wildman–Crippen LogP) is 6.35. The van der Waals surface area contributed by atoms with Crippen molar-refractivity contribution in [1.29, 1.82) is 0 Å². The number of carbonyl (C=O) groups excluding carboxylic acids is 1. The molecule has 0 aliphatic heterocycles. The summed E-state index contributed by atoms with van der Waals surface area (Å²) >= 11 is 0. The van der Waals surface area contributed by atoms with Crippen LogP contribution in [0, 0.1) is 23.4 Å². The molecule has 250 valence electrons. The second-order valence-corrected chi connectivity index (χ2v) is 12.9. The molecule has 9 nitrogen and oxygen atoms in total. The van der Waals surface area contributed by atoms with E-state index in [0.29, 0.717) is 43.6 Å². The summed E-state index contributed by atoms with van der Waals surface area (Å²) in [5.74, 6) is -1.64. The molecular weight excluding hydrogens is 633 g/mol. The van der Waals surface area contributed by atoms with E-state index >= 15 is 0 Å². The molecule has 1 aliphatic rings. The maximum Gasteiger partial charge on any atom is 0.337 e. The third-order valence-electron chi connectivity index (χ3n) is 9.22. The highest BCUT2D eigenvalue weighted by molar-refractivity contribution is 5.95. The molecule has 7 rings (SSSR count). The van der Waals surface area contributed by atoms with Crippen molar-refractivity contribution in [3.8, 4) is 16.8 Å². The highest BCUT2D eigenvalue weighted by atomic mass is 19.1. The van der Waals surface area contributed by atoms with Gasteiger partial charge in [-0.1, -0.05) is 18.2 Å². The van der Waals surface area contributed by atoms with E-state index in [1.165, 1.54) is 50.2 Å². The molecule has 2 aromatic carbocycles. The minimum atomic E-state index is -0.702. The third kappa shape index (κ3) is 6.31. The Bertz CT molecular complexity index is 2350. The van der Waals surface area contributed by atoms with Gasteiger partial charge >= 0.3 is 5.69 Å². The Kier molecular flexibility index (Phi) is 8.49. The number of halogens is 3. The first-order valence-corrected chi connectivity index (χ1v) is 16.1. The maximum atomic E-state index is 14.5. The molecule has 4 heterocycles. The molecule has 1 fully saturated rings. The van der Waals surface area contributed by atoms with Crippen molar-refractivity contribution in [2.45, 2.75) is 44.7 Å². The Balaban J connectivity index is 1.21. The molecule has 0 N–H and O–H groups in total. The molecule has 1 aliphatic carbocycles. The number of Topliss-reactive ketones (excluding diaryl/α,β-unsaturated/α-hetero) is 1. The quantitative estimate of drug-likeness (QED) is 0.176. The lowest BCUT2D eigenvalue weighted by molar-refractivity contribution is 0.0938. The minimum absolute atomic E-state index is 0.00606. The third-order valence-corrected chi connectivity index (χ3v) is 9.22. The van der Waals surface area contributed by atoms with Crippen molar-refractivity contribution in [2.75, 3.05) is 14.1 Å². The zero-order valence-corrected chi connectivity index (χ0v) is 26.9. The lowest BCUT2D eigenvalue weighted by Crippen LogP contribution is -2.43. The Morgan fingerprint density at radius 1 is 0.898 bits per heavy atom. The fraction of sp³-hybridized carbons (Fsp3) is 0.270. The van der Waals surface area contributed by atoms with Crippen molar-refractivity contribution in [3.63, 3.8) is 0 Å². The van der Waals surface area contributed by atoms with Gasteiger partial charge < -0.3 is 9.30 Å². The highest BCUT2D eigenvalue weighted by Crippen LogP contribution is 2.34. The predicted molar refractivity (Wildman–Crippen MR) is 179 cm³/mol. The number of aromatic nitrogens is 5. The SMILES string of the molecule is CN(C)Cc1cc(F)ccc1-c1cccc(-n2c(=O)n(C3CCC(CC(=O)c4cn5cc(F)ccc5n4)CC3)c(=O)c3cc(F)cnc32)c1. The van der Waals surface area contributed by atoms with Crippen LogP contribution in [0.2, 0.25) is 0 Å². The van der Waals surface area contributed by atoms with Gasteiger partial charge in [0.05, 0.1) is 17.3 Å². The number of benzene rings is 2. The summed E-state index contributed by atoms with van der Waals surface area (Å²) in [6.07, 6.45) is 6.07. The van der Waals surface area contributed by atoms with Crippen molar-refractivity contribution in [2.24, 2.45) is 5.92 Å². The lowest BCUT2D eigenvalue weighted by atomic mass is 9.82. The second-order valence-electron chi connectivity index (χ2n) is 12.9. The zero-order valence-electron chi connectivity index (χ0n) is 26.9. The molecular formula is C37H33F3N6O3. The molecule has 6 aromatic rings. The number of pyridine rings is 2. The van der Waals surface area contributed by atoms with Crippen molar-refractivity contribution in [1.82, 2.24) is 28.4 Å². The topological polar surface area (TPSA) is 94.5 Å². The van der Waals surface area contributed by atoms with Gasteiger partial charge in [-0.3, -0.25) is 14.2 Å². The number of ketones is 1. The first kappa shape index (κ1) is 32.2. The van der Waals surface area contributed by atoms with Gasteiger partial charge in [-0.15, -0.1) is 0 Å². The summed E-state index contributed by atoms with van der Waals surface area (Å²) in [6, 6.07) is 15.1. The number of hydrogen-bond acceptors (Lipinski definition) is 6. The standard InChI is InChI=1S/C37H33F3N6O3/c1-43(2)19-24-15-25(38)8-12-30(24)23-4-3-5-29(16-23)45-35-31(17-27(40)18-41-35)36(48)46(37(45)49)28-10-6-22(7-11-28)14-33(47)32-21-44-20-26(39)9-13-34(44)42-32/h3-5,8-9,12-13,15-18,20-22,28H,6-7,10-11,14,19H2,1-2H3. The van der Waals surface area contributed by atoms with E-state index in [1.807, 2.05) is 25.1 Å². The van der Waals surface area contributed by atoms with Crippen LogP contribution in [-0.4, -0.2) is 48.3 Å². The zero-order chi connectivity index (χ0) is 34.4. The van der Waals surface area contributed by atoms with Crippen LogP contribution in [0.3, 0.4) is 0 Å². The normalized spacial score (nSPS) is 16.5. The van der Waals surface area contributed by atoms with Gasteiger partial charge in [-0.25, -0.2) is 32.5 Å². The average molecular weight is 667 g/mol. The summed E-state index contributed by atoms with van der Waals surface area (Å²) < 4.78 is 46.3. The van der Waals surface area contributed by atoms with Crippen LogP contribution in [-0.2, 0) is 6.54 Å². The van der Waals surface area contributed by atoms with Crippen LogP contribution in [0.15, 0.2) is 88.8 Å². The largest absolute Gasteiger partial charge is 0.337 e. The Morgan fingerprint density at radius 3 is 2.45 bits per heavy atom. The monoisotopic (exact) mass is 666 g/mol. The number of nitrogens with zero attached hydrogens (tertiary/aromatic N) is 6. The first-order valence-electron chi connectivity index (χ1n) is 16.1. The van der Waals surface area contributed by atoms with Gasteiger partial charge in [-0.05, 0) is 105 Å². The van der Waals surface area contributed by atoms with E-state index in [4.69, 9.17) is 0 Å². The molecule has 0 unspecified atom stereocenters. The van der Waals surface area contributed by atoms with Crippen LogP contribution < -0.4 is 11.2 Å². The summed E-state index contributed by atoms with van der Waals surface area (Å²) in [5, 5.41) is -0.0272. The van der Waals surface area contributed by atoms with Crippen LogP contribution >= 0.6 is 0 Å². The first-order chi connectivity index (χ1) is 23.5. The van der Waals surface area contributed by atoms with Gasteiger partial charge in [0.2, 0.25) is 0 Å². The van der Waals surface area contributed by atoms with Gasteiger partial charge in [-0.2, -0.15) is 0 Å². The molecule has 49 heavy (non-hydrogen) atoms. The number of hydrogen-bond donors (Lipinski definition) is 0. The Morgan fingerprint density at radius 2 is 1.67 bits per heavy atom. The maximum absolute atomic E-state index is 14.5. The summed E-state index contributed by atoms with van der Waals surface area (Å²) in [7, 11) is 3.78. The van der Waals surface area contributed by atoms with Crippen molar-refractivity contribution >= 4 is 22.5 Å². The van der Waals surface area contributed by atoms with E-state index < -0.39 is 28.9 Å². The fourth-order valence-electron chi connectivity index (χ4n) is 6.94. The van der Waals surface area contributed by atoms with Gasteiger partial charge in [0.25, 0.3) is 5.56 Å². The Hall–Kier alpha value is -5.36. The van der Waals surface area contributed by atoms with E-state index in [-0.39, 0.29) is 40.7 Å². The molecule has 0 atom stereocenters. The van der Waals surface area contributed by atoms with Crippen molar-refractivity contribution in [3.05, 3.63) is 129 Å². The second kappa shape index (κ2) is 12.9. The van der Waals surface area contributed by atoms with Crippen molar-refractivity contribution < 1.29 is 18.0 Å². The lowest BCUT2D eigenvalue weighted by Gasteiger charge is -2.29. The smallest absolute Gasteiger partial charge is 0.305 e. The number of imidazole rings is 1. The summed E-state index contributed by atoms with van der Waals surface area (Å²) in [4.78, 5) is 51.6. The number of carbonyl (C=O) groups is 1. The molecule has 0 bridgehead atoms. The van der Waals surface area contributed by atoms with E-state index in [2.05, 4.69) is 9.97 Å². The molecule has 1 saturated carbocycles. The summed E-state index contributed by atoms with van der Waals surface area (Å²) in [5.41, 5.74) is 2.24. The number of fused-ring (bicyclic) bond motifs is 2. The molecule has 0 amide bonds. The van der Waals surface area contributed by atoms with Gasteiger partial charge in [0.15, 0.2) is 11.4 Å². The fourth-order valence-corrected chi connectivity index (χ4v) is 6.94. The van der Waals surface area contributed by atoms with Crippen LogP contribution in [0.5, 0.6) is 0 Å². The highest BCUT2D eigenvalue weighted by Gasteiger charge is 2.29. The molecule has 12 heteroatoms. The molecule has 4 aromatic heterocycles. The summed E-state index contributed by atoms with van der Waals surface area (Å²) in [6.45, 7) is 0.485. The van der Waals surface area contributed by atoms with E-state index in [0.717, 1.165) is 29.0 Å². The molecule has 0 saturated heterocycles. The van der Waals surface area contributed by atoms with Gasteiger partial charge in [0.1, 0.15) is 28.8 Å². The van der Waals surface area contributed by atoms with E-state index in [1.54, 1.807) is 24.3 Å². The van der Waals surface area contributed by atoms with Crippen LogP contribution in [0.25, 0.3) is 33.5 Å². The number of rotatable bonds is 8. The van der Waals surface area contributed by atoms with Gasteiger partial charge in [0, 0.05) is 31.4 Å².